The Kier molecular flexibility index (Phi) is 4.70. The van der Waals surface area contributed by atoms with Crippen molar-refractivity contribution in [3.8, 4) is 11.5 Å². The molecule has 2 amide bonds. The lowest BCUT2D eigenvalue weighted by Crippen LogP contribution is -2.28. The van der Waals surface area contributed by atoms with E-state index in [-0.39, 0.29) is 41.2 Å². The van der Waals surface area contributed by atoms with Crippen molar-refractivity contribution in [2.45, 2.75) is 6.42 Å². The van der Waals surface area contributed by atoms with Gasteiger partial charge in [0.05, 0.1) is 25.2 Å². The van der Waals surface area contributed by atoms with Gasteiger partial charge in [0.25, 0.3) is 11.8 Å². The molecule has 8 nitrogen and oxygen atoms in total. The summed E-state index contributed by atoms with van der Waals surface area (Å²) in [6.45, 7) is -0.570. The van der Waals surface area contributed by atoms with Gasteiger partial charge in [0, 0.05) is 10.0 Å². The van der Waals surface area contributed by atoms with Gasteiger partial charge in [-0.25, -0.2) is 4.79 Å². The zero-order chi connectivity index (χ0) is 20.0. The van der Waals surface area contributed by atoms with E-state index in [4.69, 9.17) is 14.6 Å². The van der Waals surface area contributed by atoms with Crippen LogP contribution in [0.25, 0.3) is 0 Å². The molecule has 1 aromatic carbocycles. The number of hydrogen-bond donors (Lipinski definition) is 1. The van der Waals surface area contributed by atoms with Crippen LogP contribution in [-0.2, 0) is 14.4 Å². The van der Waals surface area contributed by atoms with E-state index in [0.717, 1.165) is 11.4 Å². The normalized spacial score (nSPS) is 27.7. The number of ether oxygens (including phenoxy) is 2. The van der Waals surface area contributed by atoms with Crippen molar-refractivity contribution in [1.82, 2.24) is 5.01 Å². The Bertz CT molecular complexity index is 897. The minimum Gasteiger partial charge on any atom is -0.493 e. The molecule has 4 atom stereocenters. The number of methoxy groups -OCH3 is 1. The van der Waals surface area contributed by atoms with Crippen molar-refractivity contribution in [1.29, 1.82) is 0 Å². The largest absolute Gasteiger partial charge is 0.493 e. The van der Waals surface area contributed by atoms with E-state index in [0.29, 0.717) is 15.8 Å². The second-order valence-corrected chi connectivity index (χ2v) is 7.86. The molecule has 9 heteroatoms. The number of aliphatic carboxylic acids is 1. The highest BCUT2D eigenvalue weighted by Crippen LogP contribution is 2.52. The molecule has 1 N–H and O–H groups in total. The molecule has 0 aromatic heterocycles. The van der Waals surface area contributed by atoms with Crippen molar-refractivity contribution >= 4 is 39.9 Å². The summed E-state index contributed by atoms with van der Waals surface area (Å²) in [6, 6.07) is 3.26. The van der Waals surface area contributed by atoms with Crippen LogP contribution in [0.2, 0.25) is 0 Å². The number of halogens is 1. The van der Waals surface area contributed by atoms with Crippen LogP contribution in [0.3, 0.4) is 0 Å². The number of hydrogen-bond acceptors (Lipinski definition) is 6. The van der Waals surface area contributed by atoms with Crippen LogP contribution in [0.5, 0.6) is 11.5 Å². The first-order valence-corrected chi connectivity index (χ1v) is 9.52. The minimum atomic E-state index is -1.14. The molecule has 1 aliphatic heterocycles. The number of carboxylic acid groups (broad SMARTS) is 1. The highest BCUT2D eigenvalue weighted by molar-refractivity contribution is 9.10. The van der Waals surface area contributed by atoms with Crippen LogP contribution >= 0.6 is 15.9 Å². The zero-order valence-corrected chi connectivity index (χ0v) is 16.5. The van der Waals surface area contributed by atoms with Crippen LogP contribution in [0, 0.1) is 23.7 Å². The van der Waals surface area contributed by atoms with Gasteiger partial charge >= 0.3 is 5.97 Å². The number of fused-ring (bicyclic) bond motifs is 5. The maximum atomic E-state index is 12.7. The molecule has 146 valence electrons. The average molecular weight is 449 g/mol. The third kappa shape index (κ3) is 2.99. The lowest BCUT2D eigenvalue weighted by Gasteiger charge is -2.14. The summed E-state index contributed by atoms with van der Waals surface area (Å²) in [7, 11) is 1.42. The number of carbonyl (C=O) groups is 3. The first kappa shape index (κ1) is 18.7. The van der Waals surface area contributed by atoms with Gasteiger partial charge in [-0.15, -0.1) is 0 Å². The van der Waals surface area contributed by atoms with Crippen molar-refractivity contribution in [2.24, 2.45) is 28.8 Å². The Labute approximate surface area is 168 Å². The van der Waals surface area contributed by atoms with Gasteiger partial charge in [-0.3, -0.25) is 9.59 Å². The SMILES string of the molecule is COc1cc(Br)cc(C=NN2C(=O)[C@@H]3[C@H](C2=O)[C@H]2C=C[C@H]3C2)c1OCC(=O)O. The van der Waals surface area contributed by atoms with Gasteiger partial charge in [0.15, 0.2) is 18.1 Å². The monoisotopic (exact) mass is 448 g/mol. The van der Waals surface area contributed by atoms with E-state index in [2.05, 4.69) is 21.0 Å². The Morgan fingerprint density at radius 1 is 1.29 bits per heavy atom. The number of benzene rings is 1. The highest BCUT2D eigenvalue weighted by atomic mass is 79.9. The number of nitrogens with zero attached hydrogens (tertiary/aromatic N) is 2. The topological polar surface area (TPSA) is 106 Å². The molecule has 1 aromatic rings. The molecule has 28 heavy (non-hydrogen) atoms. The molecule has 0 radical (unpaired) electrons. The fourth-order valence-electron chi connectivity index (χ4n) is 4.25. The fraction of sp³-hybridized carbons (Fsp3) is 0.368. The lowest BCUT2D eigenvalue weighted by atomic mass is 9.85. The van der Waals surface area contributed by atoms with Gasteiger partial charge < -0.3 is 14.6 Å². The summed E-state index contributed by atoms with van der Waals surface area (Å²) in [5.41, 5.74) is 0.381. The van der Waals surface area contributed by atoms with Gasteiger partial charge in [-0.2, -0.15) is 10.1 Å². The standard InChI is InChI=1S/C19H17BrN2O6/c1-27-13-6-12(20)5-11(17(13)28-8-14(23)24)7-21-22-18(25)15-9-2-3-10(4-9)16(15)19(22)26/h2-3,5-7,9-10,15-16H,4,8H2,1H3,(H,23,24)/t9-,10-,15-,16+/m0/s1. The Morgan fingerprint density at radius 2 is 1.93 bits per heavy atom. The highest BCUT2D eigenvalue weighted by Gasteiger charge is 2.59. The minimum absolute atomic E-state index is 0.104. The van der Waals surface area contributed by atoms with Gasteiger partial charge in [0.2, 0.25) is 0 Å². The summed E-state index contributed by atoms with van der Waals surface area (Å²) >= 11 is 3.34. The quantitative estimate of drug-likeness (QED) is 0.405. The Morgan fingerprint density at radius 3 is 2.50 bits per heavy atom. The summed E-state index contributed by atoms with van der Waals surface area (Å²) in [4.78, 5) is 36.3. The lowest BCUT2D eigenvalue weighted by molar-refractivity contribution is -0.141. The number of hydrazone groups is 1. The van der Waals surface area contributed by atoms with Crippen LogP contribution in [-0.4, -0.2) is 47.8 Å². The number of carbonyl (C=O) groups excluding carboxylic acids is 2. The zero-order valence-electron chi connectivity index (χ0n) is 14.9. The van der Waals surface area contributed by atoms with Crippen LogP contribution in [0.15, 0.2) is 33.9 Å². The molecule has 0 unspecified atom stereocenters. The van der Waals surface area contributed by atoms with E-state index in [1.807, 2.05) is 12.2 Å². The van der Waals surface area contributed by atoms with Gasteiger partial charge in [0.1, 0.15) is 0 Å². The summed E-state index contributed by atoms with van der Waals surface area (Å²) in [5, 5.41) is 13.9. The van der Waals surface area contributed by atoms with E-state index >= 15 is 0 Å². The number of rotatable bonds is 6. The second-order valence-electron chi connectivity index (χ2n) is 6.94. The van der Waals surface area contributed by atoms with E-state index in [9.17, 15) is 14.4 Å². The van der Waals surface area contributed by atoms with E-state index < -0.39 is 12.6 Å². The van der Waals surface area contributed by atoms with Crippen molar-refractivity contribution < 1.29 is 29.0 Å². The first-order chi connectivity index (χ1) is 13.4. The third-order valence-corrected chi connectivity index (χ3v) is 5.83. The first-order valence-electron chi connectivity index (χ1n) is 8.73. The summed E-state index contributed by atoms with van der Waals surface area (Å²) in [5.74, 6) is -1.73. The van der Waals surface area contributed by atoms with E-state index in [1.165, 1.54) is 13.3 Å². The molecule has 4 rings (SSSR count). The molecule has 2 bridgehead atoms. The predicted octanol–water partition coefficient (Wildman–Crippen LogP) is 2.06. The van der Waals surface area contributed by atoms with Crippen molar-refractivity contribution in [3.63, 3.8) is 0 Å². The summed E-state index contributed by atoms with van der Waals surface area (Å²) < 4.78 is 11.2. The number of amides is 2. The van der Waals surface area contributed by atoms with Crippen LogP contribution in [0.4, 0.5) is 0 Å². The van der Waals surface area contributed by atoms with Crippen LogP contribution in [0.1, 0.15) is 12.0 Å². The molecule has 1 saturated heterocycles. The predicted molar refractivity (Wildman–Crippen MR) is 101 cm³/mol. The molecule has 1 heterocycles. The van der Waals surface area contributed by atoms with Crippen molar-refractivity contribution in [3.05, 3.63) is 34.3 Å². The fourth-order valence-corrected chi connectivity index (χ4v) is 4.70. The molecule has 2 fully saturated rings. The van der Waals surface area contributed by atoms with E-state index in [1.54, 1.807) is 12.1 Å². The Hall–Kier alpha value is -2.68. The molecule has 3 aliphatic rings. The van der Waals surface area contributed by atoms with Crippen molar-refractivity contribution in [2.75, 3.05) is 13.7 Å². The molecular formula is C19H17BrN2O6. The molecule has 2 aliphatic carbocycles. The maximum absolute atomic E-state index is 12.7. The smallest absolute Gasteiger partial charge is 0.341 e. The third-order valence-electron chi connectivity index (χ3n) is 5.37. The number of allylic oxidation sites excluding steroid dienone is 2. The molecular weight excluding hydrogens is 432 g/mol. The second kappa shape index (κ2) is 7.05. The number of imide groups is 1. The maximum Gasteiger partial charge on any atom is 0.341 e. The average Bonchev–Trinajstić information content (AvgIpc) is 3.33. The molecule has 1 saturated carbocycles. The van der Waals surface area contributed by atoms with Gasteiger partial charge in [-0.1, -0.05) is 28.1 Å². The van der Waals surface area contributed by atoms with Crippen LogP contribution < -0.4 is 9.47 Å². The summed E-state index contributed by atoms with van der Waals surface area (Å²) in [6.07, 6.45) is 6.19. The molecule has 0 spiro atoms. The Balaban J connectivity index is 1.63. The number of carboxylic acids is 1. The van der Waals surface area contributed by atoms with Gasteiger partial charge in [-0.05, 0) is 30.4 Å².